The third kappa shape index (κ3) is 5.37. The van der Waals surface area contributed by atoms with E-state index in [1.54, 1.807) is 7.05 Å². The number of alkyl halides is 3. The van der Waals surface area contributed by atoms with Crippen LogP contribution in [0.4, 0.5) is 13.2 Å². The van der Waals surface area contributed by atoms with Gasteiger partial charge < -0.3 is 19.7 Å². The Morgan fingerprint density at radius 3 is 2.93 bits per heavy atom. The fourth-order valence-corrected chi connectivity index (χ4v) is 3.45. The largest absolute Gasteiger partial charge is 0.475 e. The molecule has 0 radical (unpaired) electrons. The van der Waals surface area contributed by atoms with Crippen LogP contribution >= 0.6 is 24.0 Å². The Labute approximate surface area is 173 Å². The normalized spacial score (nSPS) is 22.8. The van der Waals surface area contributed by atoms with Gasteiger partial charge in [0, 0.05) is 38.4 Å². The molecule has 6 nitrogen and oxygen atoms in total. The minimum atomic E-state index is -4.49. The third-order valence-corrected chi connectivity index (χ3v) is 4.84. The molecule has 1 aromatic rings. The van der Waals surface area contributed by atoms with Crippen LogP contribution in [0.3, 0.4) is 0 Å². The molecule has 1 atom stereocenters. The van der Waals surface area contributed by atoms with Crippen LogP contribution in [0.25, 0.3) is 0 Å². The Morgan fingerprint density at radius 2 is 2.26 bits per heavy atom. The summed E-state index contributed by atoms with van der Waals surface area (Å²) >= 11 is 0. The minimum absolute atomic E-state index is 0. The first-order valence-corrected chi connectivity index (χ1v) is 8.62. The summed E-state index contributed by atoms with van der Waals surface area (Å²) in [6.45, 7) is 3.75. The second-order valence-corrected chi connectivity index (χ2v) is 6.65. The number of rotatable bonds is 4. The van der Waals surface area contributed by atoms with E-state index < -0.39 is 17.6 Å². The van der Waals surface area contributed by atoms with Crippen molar-refractivity contribution in [3.05, 3.63) is 23.9 Å². The van der Waals surface area contributed by atoms with Crippen LogP contribution in [0.1, 0.15) is 18.4 Å². The first kappa shape index (κ1) is 22.0. The van der Waals surface area contributed by atoms with E-state index in [2.05, 4.69) is 20.2 Å². The molecule has 0 aliphatic carbocycles. The lowest BCUT2D eigenvalue weighted by molar-refractivity contribution is -0.139. The van der Waals surface area contributed by atoms with Crippen molar-refractivity contribution in [2.75, 3.05) is 46.5 Å². The number of hydrogen-bond donors (Lipinski definition) is 1. The van der Waals surface area contributed by atoms with Gasteiger partial charge in [0.05, 0.1) is 13.2 Å². The van der Waals surface area contributed by atoms with E-state index in [9.17, 15) is 13.2 Å². The lowest BCUT2D eigenvalue weighted by Gasteiger charge is -2.25. The van der Waals surface area contributed by atoms with E-state index in [0.717, 1.165) is 51.2 Å². The second-order valence-electron chi connectivity index (χ2n) is 6.65. The summed E-state index contributed by atoms with van der Waals surface area (Å²) in [5.74, 6) is 0.328. The molecule has 0 saturated carbocycles. The van der Waals surface area contributed by atoms with Gasteiger partial charge in [0.1, 0.15) is 12.2 Å². The Bertz CT molecular complexity index is 651. The summed E-state index contributed by atoms with van der Waals surface area (Å²) in [6, 6.07) is 2.20. The second kappa shape index (κ2) is 9.26. The highest BCUT2D eigenvalue weighted by molar-refractivity contribution is 14.0. The van der Waals surface area contributed by atoms with Gasteiger partial charge in [0.15, 0.2) is 5.96 Å². The highest BCUT2D eigenvalue weighted by Gasteiger charge is 2.42. The fourth-order valence-electron chi connectivity index (χ4n) is 3.45. The molecule has 152 valence electrons. The number of nitrogens with one attached hydrogen (secondary N) is 1. The van der Waals surface area contributed by atoms with Crippen LogP contribution < -0.4 is 10.1 Å². The Kier molecular flexibility index (Phi) is 7.55. The molecule has 2 fully saturated rings. The summed E-state index contributed by atoms with van der Waals surface area (Å²) in [5.41, 5.74) is -0.656. The van der Waals surface area contributed by atoms with Crippen molar-refractivity contribution in [2.45, 2.75) is 19.0 Å². The predicted molar refractivity (Wildman–Crippen MR) is 106 cm³/mol. The van der Waals surface area contributed by atoms with Crippen molar-refractivity contribution < 1.29 is 22.6 Å². The van der Waals surface area contributed by atoms with Gasteiger partial charge in [-0.3, -0.25) is 4.99 Å². The standard InChI is InChI=1S/C17H23F3N4O2.HI/c1-21-15(24-8-4-16(11-24)5-9-25-12-16)23-7-10-26-14-13(17(18,19)20)3-2-6-22-14;/h2-3,6H,4-5,7-12H2,1H3,(H,21,23);1H. The van der Waals surface area contributed by atoms with Crippen molar-refractivity contribution in [1.82, 2.24) is 15.2 Å². The summed E-state index contributed by atoms with van der Waals surface area (Å²) in [4.78, 5) is 10.1. The van der Waals surface area contributed by atoms with E-state index in [4.69, 9.17) is 9.47 Å². The summed E-state index contributed by atoms with van der Waals surface area (Å²) in [7, 11) is 1.69. The first-order chi connectivity index (χ1) is 12.4. The molecule has 27 heavy (non-hydrogen) atoms. The van der Waals surface area contributed by atoms with E-state index >= 15 is 0 Å². The molecule has 1 spiro atoms. The Hall–Kier alpha value is -1.30. The molecule has 1 aromatic heterocycles. The minimum Gasteiger partial charge on any atom is -0.475 e. The SMILES string of the molecule is CN=C(NCCOc1ncccc1C(F)(F)F)N1CCC2(CCOC2)C1.I. The summed E-state index contributed by atoms with van der Waals surface area (Å²) in [5, 5.41) is 3.15. The van der Waals surface area contributed by atoms with E-state index in [0.29, 0.717) is 6.54 Å². The van der Waals surface area contributed by atoms with E-state index in [-0.39, 0.29) is 36.0 Å². The lowest BCUT2D eigenvalue weighted by atomic mass is 9.87. The number of halogens is 4. The zero-order valence-corrected chi connectivity index (χ0v) is 17.4. The molecule has 0 aromatic carbocycles. The number of likely N-dealkylation sites (tertiary alicyclic amines) is 1. The van der Waals surface area contributed by atoms with Crippen LogP contribution in [0.15, 0.2) is 23.3 Å². The molecule has 2 aliphatic heterocycles. The van der Waals surface area contributed by atoms with Crippen molar-refractivity contribution in [3.63, 3.8) is 0 Å². The quantitative estimate of drug-likeness (QED) is 0.299. The highest BCUT2D eigenvalue weighted by atomic mass is 127. The van der Waals surface area contributed by atoms with Crippen LogP contribution in [0.2, 0.25) is 0 Å². The van der Waals surface area contributed by atoms with Gasteiger partial charge >= 0.3 is 6.18 Å². The third-order valence-electron chi connectivity index (χ3n) is 4.84. The molecular formula is C17H24F3IN4O2. The van der Waals surface area contributed by atoms with Crippen molar-refractivity contribution in [1.29, 1.82) is 0 Å². The van der Waals surface area contributed by atoms with Crippen LogP contribution in [0.5, 0.6) is 5.88 Å². The molecular weight excluding hydrogens is 476 g/mol. The molecule has 2 saturated heterocycles. The van der Waals surface area contributed by atoms with Gasteiger partial charge in [0.25, 0.3) is 0 Å². The Balaban J connectivity index is 0.00000261. The zero-order chi connectivity index (χ0) is 18.6. The monoisotopic (exact) mass is 500 g/mol. The maximum atomic E-state index is 12.9. The number of ether oxygens (including phenoxy) is 2. The molecule has 0 amide bonds. The smallest absolute Gasteiger partial charge is 0.421 e. The maximum absolute atomic E-state index is 12.9. The van der Waals surface area contributed by atoms with Gasteiger partial charge in [0.2, 0.25) is 5.88 Å². The van der Waals surface area contributed by atoms with Gasteiger partial charge in [-0.05, 0) is 25.0 Å². The fraction of sp³-hybridized carbons (Fsp3) is 0.647. The van der Waals surface area contributed by atoms with E-state index in [1.807, 2.05) is 0 Å². The first-order valence-electron chi connectivity index (χ1n) is 8.62. The summed E-state index contributed by atoms with van der Waals surface area (Å²) in [6.07, 6.45) is -1.08. The van der Waals surface area contributed by atoms with Crippen molar-refractivity contribution >= 4 is 29.9 Å². The van der Waals surface area contributed by atoms with E-state index in [1.165, 1.54) is 12.3 Å². The zero-order valence-electron chi connectivity index (χ0n) is 15.1. The highest BCUT2D eigenvalue weighted by Crippen LogP contribution is 2.38. The molecule has 0 bridgehead atoms. The van der Waals surface area contributed by atoms with Gasteiger partial charge in [-0.25, -0.2) is 4.98 Å². The van der Waals surface area contributed by atoms with Gasteiger partial charge in [-0.15, -0.1) is 24.0 Å². The van der Waals surface area contributed by atoms with Crippen LogP contribution in [-0.2, 0) is 10.9 Å². The number of hydrogen-bond acceptors (Lipinski definition) is 4. The number of aromatic nitrogens is 1. The van der Waals surface area contributed by atoms with Gasteiger partial charge in [-0.2, -0.15) is 13.2 Å². The average Bonchev–Trinajstić information content (AvgIpc) is 3.25. The maximum Gasteiger partial charge on any atom is 0.421 e. The predicted octanol–water partition coefficient (Wildman–Crippen LogP) is 2.79. The van der Waals surface area contributed by atoms with Crippen molar-refractivity contribution in [3.8, 4) is 5.88 Å². The molecule has 10 heteroatoms. The molecule has 3 rings (SSSR count). The summed E-state index contributed by atoms with van der Waals surface area (Å²) < 4.78 is 49.5. The number of aliphatic imine (C=N–C) groups is 1. The topological polar surface area (TPSA) is 59.0 Å². The number of guanidine groups is 1. The molecule has 1 N–H and O–H groups in total. The van der Waals surface area contributed by atoms with Crippen LogP contribution in [0, 0.1) is 5.41 Å². The Morgan fingerprint density at radius 1 is 1.44 bits per heavy atom. The number of nitrogens with zero attached hydrogens (tertiary/aromatic N) is 3. The number of pyridine rings is 1. The van der Waals surface area contributed by atoms with Gasteiger partial charge in [-0.1, -0.05) is 0 Å². The molecule has 1 unspecified atom stereocenters. The van der Waals surface area contributed by atoms with Crippen molar-refractivity contribution in [2.24, 2.45) is 10.4 Å². The molecule has 2 aliphatic rings. The van der Waals surface area contributed by atoms with Crippen LogP contribution in [-0.4, -0.2) is 62.3 Å². The lowest BCUT2D eigenvalue weighted by Crippen LogP contribution is -2.42. The molecule has 3 heterocycles. The average molecular weight is 500 g/mol.